The molecule has 0 unspecified atom stereocenters. The summed E-state index contributed by atoms with van der Waals surface area (Å²) in [6.45, 7) is 10.1. The maximum Gasteiger partial charge on any atom is 0.360 e. The fraction of sp³-hybridized carbons (Fsp3) is 0.500. The highest BCUT2D eigenvalue weighted by atomic mass is 35.5. The van der Waals surface area contributed by atoms with E-state index in [1.165, 1.54) is 23.9 Å². The first-order valence-corrected chi connectivity index (χ1v) is 8.60. The van der Waals surface area contributed by atoms with E-state index in [0.717, 1.165) is 32.7 Å². The molecule has 0 atom stereocenters. The summed E-state index contributed by atoms with van der Waals surface area (Å²) in [4.78, 5) is 16.3. The smallest absolute Gasteiger partial charge is 0.360 e. The maximum absolute atomic E-state index is 11.4. The van der Waals surface area contributed by atoms with E-state index in [1.54, 1.807) is 10.9 Å². The first kappa shape index (κ1) is 20.2. The summed E-state index contributed by atoms with van der Waals surface area (Å²) in [5, 5.41) is 7.81. The second-order valence-corrected chi connectivity index (χ2v) is 6.41. The molecule has 0 bridgehead atoms. The Hall–Kier alpha value is -2.12. The van der Waals surface area contributed by atoms with Gasteiger partial charge in [0.05, 0.1) is 19.9 Å². The second kappa shape index (κ2) is 9.00. The molecule has 0 saturated carbocycles. The van der Waals surface area contributed by atoms with Crippen molar-refractivity contribution in [3.8, 4) is 0 Å². The quantitative estimate of drug-likeness (QED) is 0.740. The third-order valence-corrected chi connectivity index (χ3v) is 4.87. The van der Waals surface area contributed by atoms with Crippen molar-refractivity contribution in [3.63, 3.8) is 0 Å². The lowest BCUT2D eigenvalue weighted by molar-refractivity contribution is 0.0594. The molecule has 1 aliphatic rings. The molecule has 0 spiro atoms. The fourth-order valence-electron chi connectivity index (χ4n) is 3.14. The lowest BCUT2D eigenvalue weighted by Gasteiger charge is -2.37. The molecule has 26 heavy (non-hydrogen) atoms. The number of aromatic nitrogens is 3. The van der Waals surface area contributed by atoms with Crippen LogP contribution in [0.2, 0.25) is 0 Å². The van der Waals surface area contributed by atoms with Gasteiger partial charge in [-0.1, -0.05) is 17.3 Å². The molecule has 0 N–H and O–H groups in total. The molecule has 2 aromatic rings. The molecule has 1 aliphatic heterocycles. The van der Waals surface area contributed by atoms with Gasteiger partial charge < -0.3 is 9.64 Å². The molecule has 8 heteroatoms. The highest BCUT2D eigenvalue weighted by Crippen LogP contribution is 2.23. The number of ether oxygens (including phenoxy) is 1. The average molecular weight is 380 g/mol. The van der Waals surface area contributed by atoms with Crippen LogP contribution in [0.25, 0.3) is 0 Å². The van der Waals surface area contributed by atoms with Crippen LogP contribution in [0.1, 0.15) is 21.6 Å². The van der Waals surface area contributed by atoms with Crippen molar-refractivity contribution < 1.29 is 9.53 Å². The Labute approximate surface area is 160 Å². The van der Waals surface area contributed by atoms with Crippen molar-refractivity contribution in [2.24, 2.45) is 0 Å². The highest BCUT2D eigenvalue weighted by Gasteiger charge is 2.19. The van der Waals surface area contributed by atoms with E-state index in [9.17, 15) is 4.79 Å². The lowest BCUT2D eigenvalue weighted by atomic mass is 10.1. The first-order chi connectivity index (χ1) is 12.1. The Morgan fingerprint density at radius 2 is 1.88 bits per heavy atom. The summed E-state index contributed by atoms with van der Waals surface area (Å²) >= 11 is 0. The molecule has 142 valence electrons. The number of anilines is 1. The largest absolute Gasteiger partial charge is 0.464 e. The van der Waals surface area contributed by atoms with Gasteiger partial charge in [-0.2, -0.15) is 0 Å². The number of nitrogens with zero attached hydrogens (tertiary/aromatic N) is 5. The molecule has 1 saturated heterocycles. The van der Waals surface area contributed by atoms with E-state index >= 15 is 0 Å². The monoisotopic (exact) mass is 379 g/mol. The summed E-state index contributed by atoms with van der Waals surface area (Å²) in [5.41, 5.74) is 4.31. The number of carbonyl (C=O) groups excluding carboxylic acids is 1. The van der Waals surface area contributed by atoms with Gasteiger partial charge in [-0.25, -0.2) is 4.79 Å². The van der Waals surface area contributed by atoms with Crippen molar-refractivity contribution >= 4 is 24.1 Å². The number of halogens is 1. The minimum Gasteiger partial charge on any atom is -0.464 e. The molecule has 7 nitrogen and oxygen atoms in total. The molecule has 0 amide bonds. The van der Waals surface area contributed by atoms with Gasteiger partial charge in [0.2, 0.25) is 0 Å². The standard InChI is InChI=1S/C18H25N5O2.ClH/c1-14-5-4-6-17(15(14)2)22-10-7-21(8-11-22)9-12-23-13-16(19-20-23)18(24)25-3;/h4-6,13H,7-12H2,1-3H3;1H. The van der Waals surface area contributed by atoms with E-state index in [4.69, 9.17) is 0 Å². The first-order valence-electron chi connectivity index (χ1n) is 8.60. The van der Waals surface area contributed by atoms with Gasteiger partial charge in [0, 0.05) is 38.4 Å². The Kier molecular flexibility index (Phi) is 6.99. The summed E-state index contributed by atoms with van der Waals surface area (Å²) in [5.74, 6) is -0.451. The van der Waals surface area contributed by atoms with Gasteiger partial charge in [-0.05, 0) is 31.0 Å². The predicted molar refractivity (Wildman–Crippen MR) is 103 cm³/mol. The zero-order valence-corrected chi connectivity index (χ0v) is 16.3. The lowest BCUT2D eigenvalue weighted by Crippen LogP contribution is -2.47. The van der Waals surface area contributed by atoms with Crippen LogP contribution in [-0.4, -0.2) is 65.7 Å². The number of aryl methyl sites for hydroxylation is 1. The van der Waals surface area contributed by atoms with Crippen molar-refractivity contribution in [3.05, 3.63) is 41.2 Å². The Morgan fingerprint density at radius 1 is 1.15 bits per heavy atom. The van der Waals surface area contributed by atoms with Crippen molar-refractivity contribution in [2.75, 3.05) is 44.7 Å². The summed E-state index contributed by atoms with van der Waals surface area (Å²) in [6, 6.07) is 6.51. The average Bonchev–Trinajstić information content (AvgIpc) is 3.11. The molecular weight excluding hydrogens is 354 g/mol. The van der Waals surface area contributed by atoms with E-state index in [-0.39, 0.29) is 18.1 Å². The van der Waals surface area contributed by atoms with Crippen molar-refractivity contribution in [2.45, 2.75) is 20.4 Å². The molecule has 0 radical (unpaired) electrons. The van der Waals surface area contributed by atoms with E-state index in [0.29, 0.717) is 6.54 Å². The van der Waals surface area contributed by atoms with Gasteiger partial charge >= 0.3 is 5.97 Å². The van der Waals surface area contributed by atoms with Crippen LogP contribution >= 0.6 is 12.4 Å². The van der Waals surface area contributed by atoms with Crippen LogP contribution in [0.15, 0.2) is 24.4 Å². The molecule has 1 fully saturated rings. The number of carbonyl (C=O) groups is 1. The topological polar surface area (TPSA) is 63.5 Å². The molecule has 3 rings (SSSR count). The Balaban J connectivity index is 0.00000243. The normalized spacial score (nSPS) is 14.8. The number of hydrogen-bond donors (Lipinski definition) is 0. The van der Waals surface area contributed by atoms with E-state index < -0.39 is 5.97 Å². The van der Waals surface area contributed by atoms with Gasteiger partial charge in [-0.3, -0.25) is 9.58 Å². The molecule has 1 aromatic carbocycles. The Morgan fingerprint density at radius 3 is 2.58 bits per heavy atom. The molecule has 0 aliphatic carbocycles. The number of hydrogen-bond acceptors (Lipinski definition) is 6. The SMILES string of the molecule is COC(=O)c1cn(CCN2CCN(c3cccc(C)c3C)CC2)nn1.Cl. The highest BCUT2D eigenvalue weighted by molar-refractivity contribution is 5.86. The van der Waals surface area contributed by atoms with Gasteiger partial charge in [-0.15, -0.1) is 17.5 Å². The third-order valence-electron chi connectivity index (χ3n) is 4.87. The number of methoxy groups -OCH3 is 1. The molecular formula is C18H26ClN5O2. The predicted octanol–water partition coefficient (Wildman–Crippen LogP) is 1.93. The number of benzene rings is 1. The van der Waals surface area contributed by atoms with E-state index in [1.807, 2.05) is 0 Å². The second-order valence-electron chi connectivity index (χ2n) is 6.41. The van der Waals surface area contributed by atoms with Crippen LogP contribution < -0.4 is 4.90 Å². The van der Waals surface area contributed by atoms with Crippen LogP contribution in [0.3, 0.4) is 0 Å². The number of rotatable bonds is 5. The number of piperazine rings is 1. The van der Waals surface area contributed by atoms with Crippen molar-refractivity contribution in [1.82, 2.24) is 19.9 Å². The summed E-state index contributed by atoms with van der Waals surface area (Å²) in [6.07, 6.45) is 1.64. The molecule has 1 aromatic heterocycles. The summed E-state index contributed by atoms with van der Waals surface area (Å²) in [7, 11) is 1.34. The zero-order valence-electron chi connectivity index (χ0n) is 15.5. The molecule has 2 heterocycles. The van der Waals surface area contributed by atoms with Crippen LogP contribution in [0, 0.1) is 13.8 Å². The maximum atomic E-state index is 11.4. The minimum atomic E-state index is -0.451. The van der Waals surface area contributed by atoms with Crippen LogP contribution in [0.5, 0.6) is 0 Å². The van der Waals surface area contributed by atoms with Gasteiger partial charge in [0.1, 0.15) is 0 Å². The van der Waals surface area contributed by atoms with Crippen LogP contribution in [-0.2, 0) is 11.3 Å². The third kappa shape index (κ3) is 4.53. The van der Waals surface area contributed by atoms with Gasteiger partial charge in [0.15, 0.2) is 5.69 Å². The van der Waals surface area contributed by atoms with Gasteiger partial charge in [0.25, 0.3) is 0 Å². The van der Waals surface area contributed by atoms with E-state index in [2.05, 4.69) is 56.9 Å². The van der Waals surface area contributed by atoms with Crippen LogP contribution in [0.4, 0.5) is 5.69 Å². The summed E-state index contributed by atoms with van der Waals surface area (Å²) < 4.78 is 6.34. The zero-order chi connectivity index (χ0) is 17.8. The minimum absolute atomic E-state index is 0. The fourth-order valence-corrected chi connectivity index (χ4v) is 3.14. The number of esters is 1. The van der Waals surface area contributed by atoms with Crippen molar-refractivity contribution in [1.29, 1.82) is 0 Å². The Bertz CT molecular complexity index is 741.